The molecule has 24 heavy (non-hydrogen) atoms. The van der Waals surface area contributed by atoms with Gasteiger partial charge in [-0.1, -0.05) is 0 Å². The zero-order valence-corrected chi connectivity index (χ0v) is 14.6. The van der Waals surface area contributed by atoms with Gasteiger partial charge in [0.25, 0.3) is 10.0 Å². The summed E-state index contributed by atoms with van der Waals surface area (Å²) in [5, 5.41) is 17.0. The molecule has 2 heterocycles. The number of primary sulfonamides is 1. The average Bonchev–Trinajstić information content (AvgIpc) is 2.78. The highest BCUT2D eigenvalue weighted by Crippen LogP contribution is 2.34. The maximum Gasteiger partial charge on any atom is 0.407 e. The van der Waals surface area contributed by atoms with Crippen molar-refractivity contribution in [3.8, 4) is 0 Å². The van der Waals surface area contributed by atoms with Crippen LogP contribution in [0.25, 0.3) is 0 Å². The number of aromatic nitrogens is 2. The van der Waals surface area contributed by atoms with Crippen molar-refractivity contribution in [1.29, 1.82) is 0 Å². The van der Waals surface area contributed by atoms with Gasteiger partial charge in [0.2, 0.25) is 0 Å². The van der Waals surface area contributed by atoms with Crippen molar-refractivity contribution in [2.45, 2.75) is 43.7 Å². The molecule has 10 heteroatoms. The predicted molar refractivity (Wildman–Crippen MR) is 88.0 cm³/mol. The fourth-order valence-corrected chi connectivity index (χ4v) is 3.53. The lowest BCUT2D eigenvalue weighted by Crippen LogP contribution is -2.41. The van der Waals surface area contributed by atoms with E-state index >= 15 is 0 Å². The third-order valence-electron chi connectivity index (χ3n) is 4.19. The molecule has 1 aliphatic rings. The summed E-state index contributed by atoms with van der Waals surface area (Å²) in [6.45, 7) is 5.01. The first-order valence-corrected chi connectivity index (χ1v) is 9.23. The number of likely N-dealkylation sites (tertiary alicyclic amines) is 1. The Hall–Kier alpha value is -1.94. The minimum Gasteiger partial charge on any atom is -0.465 e. The van der Waals surface area contributed by atoms with Crippen LogP contribution in [0.4, 0.5) is 10.6 Å². The van der Waals surface area contributed by atoms with E-state index in [4.69, 9.17) is 5.14 Å². The lowest BCUT2D eigenvalue weighted by atomic mass is 9.93. The Bertz CT molecular complexity index is 707. The summed E-state index contributed by atoms with van der Waals surface area (Å²) in [4.78, 5) is 20.4. The molecule has 0 spiro atoms. The van der Waals surface area contributed by atoms with Gasteiger partial charge in [0.15, 0.2) is 5.03 Å². The van der Waals surface area contributed by atoms with Gasteiger partial charge in [0, 0.05) is 18.6 Å². The molecular formula is C14H23N5O4S. The number of rotatable bonds is 6. The van der Waals surface area contributed by atoms with Crippen LogP contribution in [0.1, 0.15) is 33.1 Å². The normalized spacial score (nSPS) is 20.1. The molecule has 0 bridgehead atoms. The highest BCUT2D eigenvalue weighted by atomic mass is 32.2. The van der Waals surface area contributed by atoms with Crippen LogP contribution < -0.4 is 10.5 Å². The number of nitrogens with two attached hydrogens (primary N) is 1. The first-order valence-electron chi connectivity index (χ1n) is 7.69. The van der Waals surface area contributed by atoms with Gasteiger partial charge in [-0.2, -0.15) is 0 Å². The number of hydrogen-bond acceptors (Lipinski definition) is 6. The number of amides is 1. The van der Waals surface area contributed by atoms with Gasteiger partial charge in [0.05, 0.1) is 12.4 Å². The van der Waals surface area contributed by atoms with Gasteiger partial charge in [-0.25, -0.2) is 23.3 Å². The molecule has 1 aromatic rings. The summed E-state index contributed by atoms with van der Waals surface area (Å²) in [5.41, 5.74) is -0.334. The fourth-order valence-electron chi connectivity index (χ4n) is 3.09. The van der Waals surface area contributed by atoms with Crippen molar-refractivity contribution >= 4 is 21.9 Å². The summed E-state index contributed by atoms with van der Waals surface area (Å²) in [6.07, 6.45) is 4.18. The topological polar surface area (TPSA) is 139 Å². The monoisotopic (exact) mass is 357 g/mol. The number of carboxylic acid groups (broad SMARTS) is 1. The van der Waals surface area contributed by atoms with Crippen LogP contribution in [-0.2, 0) is 10.0 Å². The second-order valence-electron chi connectivity index (χ2n) is 6.63. The van der Waals surface area contributed by atoms with Crippen molar-refractivity contribution in [2.75, 3.05) is 18.4 Å². The zero-order chi connectivity index (χ0) is 18.0. The van der Waals surface area contributed by atoms with Gasteiger partial charge in [0.1, 0.15) is 5.82 Å². The molecule has 1 aromatic heterocycles. The second-order valence-corrected chi connectivity index (χ2v) is 8.14. The summed E-state index contributed by atoms with van der Waals surface area (Å²) in [6, 6.07) is 0. The fraction of sp³-hybridized carbons (Fsp3) is 0.643. The van der Waals surface area contributed by atoms with E-state index in [1.807, 2.05) is 13.8 Å². The molecule has 1 atom stereocenters. The van der Waals surface area contributed by atoms with Crippen LogP contribution in [0.2, 0.25) is 0 Å². The van der Waals surface area contributed by atoms with Crippen molar-refractivity contribution in [3.05, 3.63) is 12.4 Å². The number of sulfonamides is 1. The summed E-state index contributed by atoms with van der Waals surface area (Å²) < 4.78 is 22.5. The number of nitrogens with one attached hydrogen (secondary N) is 1. The maximum atomic E-state index is 11.2. The molecule has 0 aliphatic carbocycles. The first-order chi connectivity index (χ1) is 11.1. The number of anilines is 1. The SMILES string of the molecule is CC1(C)CC(CCCNc2cncc(S(N)(=O)=O)n2)CN1C(=O)O. The smallest absolute Gasteiger partial charge is 0.407 e. The highest BCUT2D eigenvalue weighted by Gasteiger charge is 2.40. The van der Waals surface area contributed by atoms with E-state index in [9.17, 15) is 18.3 Å². The average molecular weight is 357 g/mol. The quantitative estimate of drug-likeness (QED) is 0.648. The van der Waals surface area contributed by atoms with Crippen molar-refractivity contribution < 1.29 is 18.3 Å². The Kier molecular flexibility index (Phi) is 5.29. The molecule has 1 fully saturated rings. The first kappa shape index (κ1) is 18.4. The van der Waals surface area contributed by atoms with E-state index < -0.39 is 16.1 Å². The largest absolute Gasteiger partial charge is 0.465 e. The van der Waals surface area contributed by atoms with E-state index in [2.05, 4.69) is 15.3 Å². The Labute approximate surface area is 141 Å². The van der Waals surface area contributed by atoms with E-state index in [1.165, 1.54) is 11.1 Å². The Morgan fingerprint density at radius 3 is 2.79 bits per heavy atom. The van der Waals surface area contributed by atoms with Gasteiger partial charge in [-0.3, -0.25) is 4.98 Å². The standard InChI is InChI=1S/C14H23N5O4S/c1-14(2)6-10(9-19(14)13(20)21)4-3-5-17-11-7-16-8-12(18-11)24(15,22)23/h7-8,10H,3-6,9H2,1-2H3,(H,17,18)(H,20,21)(H2,15,22,23). The molecule has 0 aromatic carbocycles. The number of nitrogens with zero attached hydrogens (tertiary/aromatic N) is 3. The Morgan fingerprint density at radius 2 is 2.21 bits per heavy atom. The van der Waals surface area contributed by atoms with E-state index in [-0.39, 0.29) is 10.6 Å². The molecule has 1 aliphatic heterocycles. The summed E-state index contributed by atoms with van der Waals surface area (Å²) >= 11 is 0. The van der Waals surface area contributed by atoms with E-state index in [0.29, 0.717) is 24.8 Å². The molecule has 0 radical (unpaired) electrons. The van der Waals surface area contributed by atoms with Gasteiger partial charge in [-0.15, -0.1) is 0 Å². The van der Waals surface area contributed by atoms with Crippen LogP contribution in [0.3, 0.4) is 0 Å². The minimum atomic E-state index is -3.87. The van der Waals surface area contributed by atoms with Crippen molar-refractivity contribution in [1.82, 2.24) is 14.9 Å². The Morgan fingerprint density at radius 1 is 1.50 bits per heavy atom. The molecule has 1 saturated heterocycles. The highest BCUT2D eigenvalue weighted by molar-refractivity contribution is 7.89. The molecule has 134 valence electrons. The molecular weight excluding hydrogens is 334 g/mol. The van der Waals surface area contributed by atoms with Crippen LogP contribution in [-0.4, -0.2) is 53.1 Å². The molecule has 9 nitrogen and oxygen atoms in total. The number of carbonyl (C=O) groups is 1. The van der Waals surface area contributed by atoms with Crippen molar-refractivity contribution in [3.63, 3.8) is 0 Å². The van der Waals surface area contributed by atoms with E-state index in [0.717, 1.165) is 25.5 Å². The van der Waals surface area contributed by atoms with Crippen LogP contribution in [0.15, 0.2) is 17.4 Å². The van der Waals surface area contributed by atoms with Gasteiger partial charge < -0.3 is 15.3 Å². The van der Waals surface area contributed by atoms with Gasteiger partial charge >= 0.3 is 6.09 Å². The van der Waals surface area contributed by atoms with Crippen LogP contribution in [0.5, 0.6) is 0 Å². The predicted octanol–water partition coefficient (Wildman–Crippen LogP) is 1.09. The molecule has 1 unspecified atom stereocenters. The summed E-state index contributed by atoms with van der Waals surface area (Å²) in [5.74, 6) is 0.667. The molecule has 0 saturated carbocycles. The second kappa shape index (κ2) is 6.89. The number of hydrogen-bond donors (Lipinski definition) is 3. The molecule has 1 amide bonds. The van der Waals surface area contributed by atoms with Crippen LogP contribution in [0, 0.1) is 5.92 Å². The lowest BCUT2D eigenvalue weighted by Gasteiger charge is -2.28. The summed E-state index contributed by atoms with van der Waals surface area (Å²) in [7, 11) is -3.87. The maximum absolute atomic E-state index is 11.2. The molecule has 2 rings (SSSR count). The van der Waals surface area contributed by atoms with Crippen LogP contribution >= 0.6 is 0 Å². The third kappa shape index (κ3) is 4.54. The zero-order valence-electron chi connectivity index (χ0n) is 13.8. The minimum absolute atomic E-state index is 0.276. The van der Waals surface area contributed by atoms with Crippen molar-refractivity contribution in [2.24, 2.45) is 11.1 Å². The van der Waals surface area contributed by atoms with Gasteiger partial charge in [-0.05, 0) is 39.0 Å². The Balaban J connectivity index is 1.81. The van der Waals surface area contributed by atoms with E-state index in [1.54, 1.807) is 0 Å². The molecule has 4 N–H and O–H groups in total. The third-order valence-corrected chi connectivity index (χ3v) is 4.97. The lowest BCUT2D eigenvalue weighted by molar-refractivity contribution is 0.117.